The molecule has 0 aromatic carbocycles. The molecular weight excluding hydrogens is 248 g/mol. The highest BCUT2D eigenvalue weighted by molar-refractivity contribution is 7.05. The molecule has 0 aliphatic rings. The Kier molecular flexibility index (Phi) is 4.38. The number of aromatic nitrogens is 5. The molecule has 0 amide bonds. The molecule has 1 N–H and O–H groups in total. The third-order valence-electron chi connectivity index (χ3n) is 2.84. The van der Waals surface area contributed by atoms with Crippen LogP contribution in [0.25, 0.3) is 0 Å². The number of likely N-dealkylation sites (N-methyl/N-ethyl adjacent to an activating group) is 1. The summed E-state index contributed by atoms with van der Waals surface area (Å²) in [6.45, 7) is 7.91. The van der Waals surface area contributed by atoms with Crippen LogP contribution in [-0.2, 0) is 13.0 Å². The van der Waals surface area contributed by atoms with Gasteiger partial charge in [-0.05, 0) is 31.9 Å². The molecule has 98 valence electrons. The molecule has 2 rings (SSSR count). The van der Waals surface area contributed by atoms with Gasteiger partial charge in [0.15, 0.2) is 0 Å². The molecule has 1 atom stereocenters. The van der Waals surface area contributed by atoms with Crippen LogP contribution < -0.4 is 5.32 Å². The molecule has 0 aliphatic heterocycles. The van der Waals surface area contributed by atoms with Crippen molar-refractivity contribution in [2.75, 3.05) is 6.54 Å². The maximum atomic E-state index is 4.32. The highest BCUT2D eigenvalue weighted by atomic mass is 32.1. The van der Waals surface area contributed by atoms with Crippen LogP contribution in [0.15, 0.2) is 6.33 Å². The molecule has 6 nitrogen and oxygen atoms in total. The fourth-order valence-electron chi connectivity index (χ4n) is 1.95. The summed E-state index contributed by atoms with van der Waals surface area (Å²) in [4.78, 5) is 5.51. The zero-order valence-electron chi connectivity index (χ0n) is 10.9. The first-order valence-electron chi connectivity index (χ1n) is 6.15. The smallest absolute Gasteiger partial charge is 0.138 e. The van der Waals surface area contributed by atoms with Crippen molar-refractivity contribution in [2.45, 2.75) is 39.8 Å². The van der Waals surface area contributed by atoms with E-state index in [0.717, 1.165) is 31.0 Å². The Morgan fingerprint density at radius 3 is 2.89 bits per heavy atom. The van der Waals surface area contributed by atoms with Crippen LogP contribution >= 0.6 is 11.5 Å². The molecule has 0 saturated carbocycles. The van der Waals surface area contributed by atoms with Gasteiger partial charge in [0, 0.05) is 13.0 Å². The lowest BCUT2D eigenvalue weighted by molar-refractivity contribution is 0.513. The lowest BCUT2D eigenvalue weighted by Gasteiger charge is -2.16. The summed E-state index contributed by atoms with van der Waals surface area (Å²) in [5, 5.41) is 11.7. The molecule has 2 heterocycles. The number of nitrogens with one attached hydrogen (secondary N) is 1. The second-order valence-corrected chi connectivity index (χ2v) is 4.81. The van der Waals surface area contributed by atoms with Crippen molar-refractivity contribution < 1.29 is 0 Å². The zero-order chi connectivity index (χ0) is 13.0. The SMILES string of the molecule is CCNC(Cc1ncnn1CC)c1snnc1C. The Balaban J connectivity index is 2.19. The molecule has 2 aromatic rings. The van der Waals surface area contributed by atoms with Crippen LogP contribution in [0.3, 0.4) is 0 Å². The first kappa shape index (κ1) is 13.1. The van der Waals surface area contributed by atoms with E-state index in [1.165, 1.54) is 16.4 Å². The van der Waals surface area contributed by atoms with Gasteiger partial charge in [-0.3, -0.25) is 4.68 Å². The highest BCUT2D eigenvalue weighted by Gasteiger charge is 2.19. The first-order chi connectivity index (χ1) is 8.76. The van der Waals surface area contributed by atoms with E-state index in [-0.39, 0.29) is 6.04 Å². The number of hydrogen-bond acceptors (Lipinski definition) is 6. The molecular formula is C11H18N6S. The van der Waals surface area contributed by atoms with Gasteiger partial charge in [-0.15, -0.1) is 5.10 Å². The van der Waals surface area contributed by atoms with E-state index in [9.17, 15) is 0 Å². The van der Waals surface area contributed by atoms with Gasteiger partial charge in [-0.1, -0.05) is 11.4 Å². The molecule has 2 aromatic heterocycles. The van der Waals surface area contributed by atoms with E-state index in [4.69, 9.17) is 0 Å². The fraction of sp³-hybridized carbons (Fsp3) is 0.636. The minimum absolute atomic E-state index is 0.212. The average Bonchev–Trinajstić information content (AvgIpc) is 2.97. The summed E-state index contributed by atoms with van der Waals surface area (Å²) in [5.41, 5.74) is 0.994. The van der Waals surface area contributed by atoms with Crippen molar-refractivity contribution >= 4 is 11.5 Å². The normalized spacial score (nSPS) is 12.8. The molecule has 0 bridgehead atoms. The predicted octanol–water partition coefficient (Wildman–Crippen LogP) is 1.35. The maximum Gasteiger partial charge on any atom is 0.138 e. The monoisotopic (exact) mass is 266 g/mol. The fourth-order valence-corrected chi connectivity index (χ4v) is 2.67. The van der Waals surface area contributed by atoms with Crippen LogP contribution in [0.2, 0.25) is 0 Å². The van der Waals surface area contributed by atoms with Crippen LogP contribution in [0.4, 0.5) is 0 Å². The molecule has 0 spiro atoms. The lowest BCUT2D eigenvalue weighted by Crippen LogP contribution is -2.24. The van der Waals surface area contributed by atoms with E-state index in [0.29, 0.717) is 0 Å². The van der Waals surface area contributed by atoms with E-state index in [1.54, 1.807) is 6.33 Å². The van der Waals surface area contributed by atoms with Crippen molar-refractivity contribution in [2.24, 2.45) is 0 Å². The Morgan fingerprint density at radius 2 is 2.28 bits per heavy atom. The largest absolute Gasteiger partial charge is 0.309 e. The maximum absolute atomic E-state index is 4.32. The average molecular weight is 266 g/mol. The van der Waals surface area contributed by atoms with Gasteiger partial charge in [-0.25, -0.2) is 4.98 Å². The van der Waals surface area contributed by atoms with Gasteiger partial charge in [0.25, 0.3) is 0 Å². The molecule has 0 saturated heterocycles. The Labute approximate surface area is 111 Å². The topological polar surface area (TPSA) is 68.5 Å². The van der Waals surface area contributed by atoms with E-state index in [2.05, 4.69) is 38.8 Å². The lowest BCUT2D eigenvalue weighted by atomic mass is 10.1. The quantitative estimate of drug-likeness (QED) is 0.854. The van der Waals surface area contributed by atoms with Crippen LogP contribution in [-0.4, -0.2) is 30.9 Å². The number of aryl methyl sites for hydroxylation is 2. The Morgan fingerprint density at radius 1 is 1.44 bits per heavy atom. The van der Waals surface area contributed by atoms with Crippen LogP contribution in [0, 0.1) is 6.92 Å². The zero-order valence-corrected chi connectivity index (χ0v) is 11.7. The second kappa shape index (κ2) is 6.01. The summed E-state index contributed by atoms with van der Waals surface area (Å²) < 4.78 is 5.93. The van der Waals surface area contributed by atoms with Gasteiger partial charge in [-0.2, -0.15) is 5.10 Å². The first-order valence-corrected chi connectivity index (χ1v) is 6.92. The van der Waals surface area contributed by atoms with E-state index in [1.807, 2.05) is 11.6 Å². The van der Waals surface area contributed by atoms with E-state index < -0.39 is 0 Å². The van der Waals surface area contributed by atoms with Crippen LogP contribution in [0.1, 0.15) is 36.3 Å². The summed E-state index contributed by atoms with van der Waals surface area (Å²) in [6, 6.07) is 0.212. The van der Waals surface area contributed by atoms with Gasteiger partial charge < -0.3 is 5.32 Å². The molecule has 7 heteroatoms. The third-order valence-corrected chi connectivity index (χ3v) is 3.78. The van der Waals surface area contributed by atoms with Gasteiger partial charge in [0.1, 0.15) is 12.2 Å². The molecule has 0 fully saturated rings. The van der Waals surface area contributed by atoms with Gasteiger partial charge >= 0.3 is 0 Å². The van der Waals surface area contributed by atoms with Gasteiger partial charge in [0.2, 0.25) is 0 Å². The van der Waals surface area contributed by atoms with Crippen molar-refractivity contribution in [3.05, 3.63) is 22.7 Å². The van der Waals surface area contributed by atoms with Gasteiger partial charge in [0.05, 0.1) is 16.6 Å². The highest BCUT2D eigenvalue weighted by Crippen LogP contribution is 2.22. The summed E-state index contributed by atoms with van der Waals surface area (Å²) in [5.74, 6) is 0.997. The minimum Gasteiger partial charge on any atom is -0.309 e. The third kappa shape index (κ3) is 2.73. The van der Waals surface area contributed by atoms with Crippen molar-refractivity contribution in [3.63, 3.8) is 0 Å². The predicted molar refractivity (Wildman–Crippen MR) is 70.5 cm³/mol. The van der Waals surface area contributed by atoms with Crippen LogP contribution in [0.5, 0.6) is 0 Å². The number of hydrogen-bond donors (Lipinski definition) is 1. The minimum atomic E-state index is 0.212. The molecule has 0 aliphatic carbocycles. The van der Waals surface area contributed by atoms with Crippen molar-refractivity contribution in [3.8, 4) is 0 Å². The number of rotatable bonds is 6. The van der Waals surface area contributed by atoms with Crippen molar-refractivity contribution in [1.29, 1.82) is 0 Å². The second-order valence-electron chi connectivity index (χ2n) is 4.03. The standard InChI is InChI=1S/C11H18N6S/c1-4-12-9(11-8(3)15-16-18-11)6-10-13-7-14-17(10)5-2/h7,9,12H,4-6H2,1-3H3. The summed E-state index contributed by atoms with van der Waals surface area (Å²) in [6.07, 6.45) is 2.42. The molecule has 18 heavy (non-hydrogen) atoms. The Hall–Kier alpha value is -1.34. The molecule has 1 unspecified atom stereocenters. The summed E-state index contributed by atoms with van der Waals surface area (Å²) in [7, 11) is 0. The Bertz CT molecular complexity index is 491. The summed E-state index contributed by atoms with van der Waals surface area (Å²) >= 11 is 1.45. The number of nitrogens with zero attached hydrogens (tertiary/aromatic N) is 5. The molecule has 0 radical (unpaired) electrons. The van der Waals surface area contributed by atoms with E-state index >= 15 is 0 Å². The van der Waals surface area contributed by atoms with Crippen molar-refractivity contribution in [1.82, 2.24) is 29.7 Å².